The van der Waals surface area contributed by atoms with Crippen molar-refractivity contribution in [3.63, 3.8) is 0 Å². The Morgan fingerprint density at radius 1 is 1.17 bits per heavy atom. The van der Waals surface area contributed by atoms with Crippen LogP contribution in [0.15, 0.2) is 42.6 Å². The third-order valence-corrected chi connectivity index (χ3v) is 5.11. The number of halogens is 5. The molecule has 2 aromatic rings. The zero-order chi connectivity index (χ0) is 21.1. The first-order valence-corrected chi connectivity index (χ1v) is 9.31. The van der Waals surface area contributed by atoms with E-state index in [1.807, 2.05) is 16.4 Å². The lowest BCUT2D eigenvalue weighted by atomic mass is 9.86. The Morgan fingerprint density at radius 2 is 1.83 bits per heavy atom. The van der Waals surface area contributed by atoms with E-state index < -0.39 is 24.2 Å². The third-order valence-electron chi connectivity index (χ3n) is 4.74. The summed E-state index contributed by atoms with van der Waals surface area (Å²) in [6, 6.07) is 10.6. The molecule has 1 fully saturated rings. The van der Waals surface area contributed by atoms with E-state index in [9.17, 15) is 18.0 Å². The van der Waals surface area contributed by atoms with Crippen molar-refractivity contribution in [1.82, 2.24) is 10.4 Å². The van der Waals surface area contributed by atoms with Gasteiger partial charge in [0, 0.05) is 32.1 Å². The van der Waals surface area contributed by atoms with Crippen LogP contribution in [0.2, 0.25) is 5.02 Å². The first-order valence-electron chi connectivity index (χ1n) is 8.93. The van der Waals surface area contributed by atoms with Crippen LogP contribution in [0.1, 0.15) is 24.8 Å². The summed E-state index contributed by atoms with van der Waals surface area (Å²) in [6.07, 6.45) is -4.30. The number of alkyl halides is 4. The molecule has 1 amide bonds. The maximum Gasteiger partial charge on any atom is 0.397 e. The number of hydrogen-bond acceptors (Lipinski definition) is 4. The lowest BCUT2D eigenvalue weighted by molar-refractivity contribution is -0.153. The summed E-state index contributed by atoms with van der Waals surface area (Å²) < 4.78 is 52.0. The van der Waals surface area contributed by atoms with Crippen LogP contribution < -0.4 is 15.8 Å². The summed E-state index contributed by atoms with van der Waals surface area (Å²) >= 11 is 6.31. The molecule has 0 aliphatic carbocycles. The molecule has 1 aliphatic rings. The molecule has 29 heavy (non-hydrogen) atoms. The molecule has 156 valence electrons. The molecule has 3 rings (SSSR count). The lowest BCUT2D eigenvalue weighted by Crippen LogP contribution is -2.40. The topological polar surface area (TPSA) is 57.3 Å². The molecule has 0 bridgehead atoms. The molecular formula is C19H19ClF4N4O. The van der Waals surface area contributed by atoms with E-state index in [1.54, 1.807) is 30.3 Å². The van der Waals surface area contributed by atoms with Crippen molar-refractivity contribution in [2.75, 3.05) is 23.4 Å². The molecule has 1 saturated heterocycles. The quantitative estimate of drug-likeness (QED) is 0.538. The molecule has 0 atom stereocenters. The Hall–Kier alpha value is -2.55. The number of anilines is 2. The van der Waals surface area contributed by atoms with E-state index in [0.29, 0.717) is 24.3 Å². The van der Waals surface area contributed by atoms with Gasteiger partial charge in [-0.25, -0.2) is 9.37 Å². The van der Waals surface area contributed by atoms with Crippen LogP contribution in [0.5, 0.6) is 0 Å². The molecule has 0 unspecified atom stereocenters. The number of piperidine rings is 1. The van der Waals surface area contributed by atoms with Gasteiger partial charge in [-0.05, 0) is 11.6 Å². The monoisotopic (exact) mass is 430 g/mol. The van der Waals surface area contributed by atoms with Crippen LogP contribution in [0.4, 0.5) is 29.1 Å². The summed E-state index contributed by atoms with van der Waals surface area (Å²) in [5, 5.41) is 0.130. The fraction of sp³-hybridized carbons (Fsp3) is 0.368. The molecule has 10 heteroatoms. The smallest absolute Gasteiger partial charge is 0.370 e. The van der Waals surface area contributed by atoms with Crippen molar-refractivity contribution >= 4 is 29.0 Å². The van der Waals surface area contributed by atoms with E-state index >= 15 is 4.39 Å². The average molecular weight is 431 g/mol. The molecule has 0 radical (unpaired) electrons. The number of carbonyl (C=O) groups excluding carboxylic acids is 1. The van der Waals surface area contributed by atoms with Gasteiger partial charge in [0.1, 0.15) is 17.1 Å². The highest BCUT2D eigenvalue weighted by Crippen LogP contribution is 2.40. The van der Waals surface area contributed by atoms with Gasteiger partial charge in [0.25, 0.3) is 0 Å². The number of pyridine rings is 1. The number of nitrogens with one attached hydrogen (secondary N) is 2. The highest BCUT2D eigenvalue weighted by atomic mass is 35.5. The van der Waals surface area contributed by atoms with E-state index in [4.69, 9.17) is 11.6 Å². The fourth-order valence-electron chi connectivity index (χ4n) is 3.25. The molecular weight excluding hydrogens is 412 g/mol. The van der Waals surface area contributed by atoms with Gasteiger partial charge in [-0.3, -0.25) is 15.6 Å². The lowest BCUT2D eigenvalue weighted by Gasteiger charge is -2.38. The van der Waals surface area contributed by atoms with Crippen molar-refractivity contribution < 1.29 is 22.4 Å². The second-order valence-corrected chi connectivity index (χ2v) is 7.15. The molecule has 0 spiro atoms. The van der Waals surface area contributed by atoms with Gasteiger partial charge in [-0.2, -0.15) is 13.2 Å². The zero-order valence-corrected chi connectivity index (χ0v) is 16.0. The largest absolute Gasteiger partial charge is 0.397 e. The van der Waals surface area contributed by atoms with Gasteiger partial charge >= 0.3 is 6.18 Å². The number of hydrazine groups is 1. The number of benzene rings is 1. The zero-order valence-electron chi connectivity index (χ0n) is 15.3. The van der Waals surface area contributed by atoms with E-state index in [0.717, 1.165) is 0 Å². The molecule has 0 saturated carbocycles. The fourth-order valence-corrected chi connectivity index (χ4v) is 3.53. The Labute approximate surface area is 170 Å². The predicted molar refractivity (Wildman–Crippen MR) is 102 cm³/mol. The van der Waals surface area contributed by atoms with Crippen LogP contribution in [0.3, 0.4) is 0 Å². The van der Waals surface area contributed by atoms with Crippen LogP contribution in [-0.2, 0) is 10.5 Å². The van der Waals surface area contributed by atoms with Crippen molar-refractivity contribution in [1.29, 1.82) is 0 Å². The predicted octanol–water partition coefficient (Wildman–Crippen LogP) is 4.60. The van der Waals surface area contributed by atoms with Gasteiger partial charge in [0.15, 0.2) is 5.82 Å². The van der Waals surface area contributed by atoms with Gasteiger partial charge in [-0.15, -0.1) is 0 Å². The second-order valence-electron chi connectivity index (χ2n) is 6.78. The summed E-state index contributed by atoms with van der Waals surface area (Å²) in [6.45, 7) is 0.796. The Morgan fingerprint density at radius 3 is 2.45 bits per heavy atom. The SMILES string of the molecule is O=C(CC(F)(F)F)NNc1nccc(N2CCC(F)(c3ccccc3)CC2)c1Cl. The number of nitrogens with zero attached hydrogens (tertiary/aromatic N) is 2. The Bertz CT molecular complexity index is 855. The minimum absolute atomic E-state index is 0.0137. The van der Waals surface area contributed by atoms with Gasteiger partial charge < -0.3 is 4.90 Å². The summed E-state index contributed by atoms with van der Waals surface area (Å²) in [7, 11) is 0. The maximum absolute atomic E-state index is 15.3. The normalized spacial score (nSPS) is 16.4. The van der Waals surface area contributed by atoms with Gasteiger partial charge in [0.05, 0.1) is 5.69 Å². The number of aromatic nitrogens is 1. The first-order chi connectivity index (χ1) is 13.7. The average Bonchev–Trinajstić information content (AvgIpc) is 2.67. The van der Waals surface area contributed by atoms with Crippen molar-refractivity contribution in [2.45, 2.75) is 31.1 Å². The number of amides is 1. The van der Waals surface area contributed by atoms with Crippen LogP contribution in [-0.4, -0.2) is 30.2 Å². The standard InChI is InChI=1S/C19H19ClF4N4O/c20-16-14(6-9-25-17(16)27-26-15(29)12-19(22,23)24)28-10-7-18(21,8-11-28)13-4-2-1-3-5-13/h1-6,9H,7-8,10-12H2,(H,25,27)(H,26,29). The first kappa shape index (κ1) is 21.2. The highest BCUT2D eigenvalue weighted by molar-refractivity contribution is 6.35. The molecule has 1 aromatic heterocycles. The van der Waals surface area contributed by atoms with E-state index in [1.165, 1.54) is 6.20 Å². The highest BCUT2D eigenvalue weighted by Gasteiger charge is 2.37. The molecule has 1 aliphatic heterocycles. The molecule has 2 N–H and O–H groups in total. The minimum atomic E-state index is -4.61. The minimum Gasteiger partial charge on any atom is -0.370 e. The maximum atomic E-state index is 15.3. The molecule has 5 nitrogen and oxygen atoms in total. The van der Waals surface area contributed by atoms with Crippen molar-refractivity contribution in [3.05, 3.63) is 53.2 Å². The van der Waals surface area contributed by atoms with Gasteiger partial charge in [0.2, 0.25) is 5.91 Å². The van der Waals surface area contributed by atoms with E-state index in [-0.39, 0.29) is 23.7 Å². The van der Waals surface area contributed by atoms with E-state index in [2.05, 4.69) is 10.4 Å². The van der Waals surface area contributed by atoms with Crippen molar-refractivity contribution in [3.8, 4) is 0 Å². The summed E-state index contributed by atoms with van der Waals surface area (Å²) in [5.74, 6) is -1.25. The number of carbonyl (C=O) groups is 1. The van der Waals surface area contributed by atoms with Crippen molar-refractivity contribution in [2.24, 2.45) is 0 Å². The number of rotatable bonds is 5. The van der Waals surface area contributed by atoms with Crippen LogP contribution in [0, 0.1) is 0 Å². The Kier molecular flexibility index (Phi) is 6.16. The Balaban J connectivity index is 1.65. The number of hydrogen-bond donors (Lipinski definition) is 2. The summed E-state index contributed by atoms with van der Waals surface area (Å²) in [4.78, 5) is 17.1. The molecule has 1 aromatic carbocycles. The van der Waals surface area contributed by atoms with Crippen LogP contribution >= 0.6 is 11.6 Å². The van der Waals surface area contributed by atoms with Gasteiger partial charge in [-0.1, -0.05) is 41.9 Å². The summed E-state index contributed by atoms with van der Waals surface area (Å²) in [5.41, 5.74) is 4.01. The third kappa shape index (κ3) is 5.29. The second kappa shape index (κ2) is 8.44. The van der Waals surface area contributed by atoms with Crippen LogP contribution in [0.25, 0.3) is 0 Å². The molecule has 2 heterocycles.